The first kappa shape index (κ1) is 19.7. The third-order valence-electron chi connectivity index (χ3n) is 3.99. The number of nitrogens with zero attached hydrogens (tertiary/aromatic N) is 2. The molecular formula is C21H20N2O4S. The van der Waals surface area contributed by atoms with Crippen LogP contribution in [0.2, 0.25) is 0 Å². The highest BCUT2D eigenvalue weighted by atomic mass is 32.2. The maximum atomic E-state index is 12.7. The van der Waals surface area contributed by atoms with Gasteiger partial charge in [0, 0.05) is 23.6 Å². The molecule has 144 valence electrons. The van der Waals surface area contributed by atoms with E-state index in [1.165, 1.54) is 4.57 Å². The van der Waals surface area contributed by atoms with Crippen molar-refractivity contribution in [1.29, 1.82) is 0 Å². The van der Waals surface area contributed by atoms with E-state index in [2.05, 4.69) is 4.98 Å². The monoisotopic (exact) mass is 396 g/mol. The zero-order valence-corrected chi connectivity index (χ0v) is 16.4. The number of ether oxygens (including phenoxy) is 2. The molecule has 0 bridgehead atoms. The molecule has 0 N–H and O–H groups in total. The van der Waals surface area contributed by atoms with Gasteiger partial charge in [0.1, 0.15) is 11.5 Å². The van der Waals surface area contributed by atoms with Crippen molar-refractivity contribution in [3.05, 3.63) is 76.8 Å². The molecule has 1 heterocycles. The minimum atomic E-state index is -0.267. The van der Waals surface area contributed by atoms with E-state index < -0.39 is 0 Å². The molecule has 2 aromatic carbocycles. The molecule has 1 aromatic heterocycles. The fraction of sp³-hybridized carbons (Fsp3) is 0.190. The molecule has 0 aliphatic rings. The molecule has 28 heavy (non-hydrogen) atoms. The van der Waals surface area contributed by atoms with Gasteiger partial charge in [-0.1, -0.05) is 11.8 Å². The van der Waals surface area contributed by atoms with Crippen molar-refractivity contribution < 1.29 is 14.3 Å². The van der Waals surface area contributed by atoms with Gasteiger partial charge in [-0.15, -0.1) is 0 Å². The molecule has 0 fully saturated rings. The Morgan fingerprint density at radius 2 is 1.75 bits per heavy atom. The van der Waals surface area contributed by atoms with Crippen molar-refractivity contribution in [2.24, 2.45) is 0 Å². The third-order valence-corrected chi connectivity index (χ3v) is 4.95. The Morgan fingerprint density at radius 1 is 1.07 bits per heavy atom. The van der Waals surface area contributed by atoms with E-state index in [4.69, 9.17) is 9.47 Å². The summed E-state index contributed by atoms with van der Waals surface area (Å²) in [6, 6.07) is 14.1. The minimum Gasteiger partial charge on any atom is -0.497 e. The summed E-state index contributed by atoms with van der Waals surface area (Å²) in [5.41, 5.74) is 1.01. The molecule has 3 aromatic rings. The second-order valence-corrected chi connectivity index (χ2v) is 6.74. The highest BCUT2D eigenvalue weighted by Crippen LogP contribution is 2.18. The molecule has 0 unspecified atom stereocenters. The van der Waals surface area contributed by atoms with Crippen molar-refractivity contribution >= 4 is 17.5 Å². The highest BCUT2D eigenvalue weighted by Gasteiger charge is 2.12. The molecule has 0 radical (unpaired) electrons. The Balaban J connectivity index is 1.72. The lowest BCUT2D eigenvalue weighted by Crippen LogP contribution is -2.21. The SMILES string of the molecule is CCOc1ccc(C(=O)CSc2nccn(-c3ccc(OC)cc3)c2=O)cc1. The second-order valence-electron chi connectivity index (χ2n) is 5.77. The summed E-state index contributed by atoms with van der Waals surface area (Å²) in [4.78, 5) is 29.3. The maximum absolute atomic E-state index is 12.7. The summed E-state index contributed by atoms with van der Waals surface area (Å²) < 4.78 is 12.0. The molecular weight excluding hydrogens is 376 g/mol. The van der Waals surface area contributed by atoms with Crippen LogP contribution in [0, 0.1) is 0 Å². The fourth-order valence-electron chi connectivity index (χ4n) is 2.56. The number of rotatable bonds is 8. The first-order chi connectivity index (χ1) is 13.6. The highest BCUT2D eigenvalue weighted by molar-refractivity contribution is 7.99. The Hall–Kier alpha value is -3.06. The van der Waals surface area contributed by atoms with Crippen LogP contribution in [0.5, 0.6) is 11.5 Å². The standard InChI is InChI=1S/C21H20N2O4S/c1-3-27-18-8-4-15(5-9-18)19(24)14-28-20-21(25)23(13-12-22-20)16-6-10-17(26-2)11-7-16/h4-13H,3,14H2,1-2H3. The van der Waals surface area contributed by atoms with Crippen LogP contribution in [-0.4, -0.2) is 34.8 Å². The van der Waals surface area contributed by atoms with Gasteiger partial charge in [0.2, 0.25) is 0 Å². The smallest absolute Gasteiger partial charge is 0.287 e. The van der Waals surface area contributed by atoms with Gasteiger partial charge in [-0.05, 0) is 55.5 Å². The zero-order valence-electron chi connectivity index (χ0n) is 15.6. The van der Waals surface area contributed by atoms with Crippen LogP contribution < -0.4 is 15.0 Å². The van der Waals surface area contributed by atoms with E-state index in [0.717, 1.165) is 17.5 Å². The number of aromatic nitrogens is 2. The number of thioether (sulfide) groups is 1. The average molecular weight is 396 g/mol. The van der Waals surface area contributed by atoms with E-state index in [0.29, 0.717) is 23.6 Å². The molecule has 7 heteroatoms. The number of ketones is 1. The van der Waals surface area contributed by atoms with E-state index in [-0.39, 0.29) is 22.1 Å². The Morgan fingerprint density at radius 3 is 2.39 bits per heavy atom. The summed E-state index contributed by atoms with van der Waals surface area (Å²) in [6.45, 7) is 2.48. The van der Waals surface area contributed by atoms with Gasteiger partial charge in [-0.2, -0.15) is 0 Å². The summed E-state index contributed by atoms with van der Waals surface area (Å²) in [5, 5.41) is 0.276. The summed E-state index contributed by atoms with van der Waals surface area (Å²) in [6.07, 6.45) is 3.15. The molecule has 0 aliphatic heterocycles. The van der Waals surface area contributed by atoms with Crippen molar-refractivity contribution in [2.45, 2.75) is 11.9 Å². The molecule has 0 aliphatic carbocycles. The van der Waals surface area contributed by atoms with Crippen molar-refractivity contribution in [3.63, 3.8) is 0 Å². The normalized spacial score (nSPS) is 10.5. The largest absolute Gasteiger partial charge is 0.497 e. The van der Waals surface area contributed by atoms with Crippen LogP contribution in [0.1, 0.15) is 17.3 Å². The van der Waals surface area contributed by atoms with E-state index >= 15 is 0 Å². The van der Waals surface area contributed by atoms with Crippen molar-refractivity contribution in [1.82, 2.24) is 9.55 Å². The van der Waals surface area contributed by atoms with Gasteiger partial charge < -0.3 is 9.47 Å². The molecule has 0 saturated heterocycles. The summed E-state index contributed by atoms with van der Waals surface area (Å²) in [5.74, 6) is 1.48. The van der Waals surface area contributed by atoms with Gasteiger partial charge in [-0.25, -0.2) is 4.98 Å². The molecule has 3 rings (SSSR count). The first-order valence-electron chi connectivity index (χ1n) is 8.73. The van der Waals surface area contributed by atoms with Crippen LogP contribution in [0.3, 0.4) is 0 Å². The third kappa shape index (κ3) is 4.61. The van der Waals surface area contributed by atoms with Gasteiger partial charge in [0.25, 0.3) is 5.56 Å². The predicted octanol–water partition coefficient (Wildman–Crippen LogP) is 3.61. The number of benzene rings is 2. The number of hydrogen-bond acceptors (Lipinski definition) is 6. The van der Waals surface area contributed by atoms with Crippen LogP contribution in [0.25, 0.3) is 5.69 Å². The minimum absolute atomic E-state index is 0.0749. The Labute approximate surface area is 167 Å². The fourth-order valence-corrected chi connectivity index (χ4v) is 3.35. The van der Waals surface area contributed by atoms with Crippen LogP contribution in [0.15, 0.2) is 70.7 Å². The van der Waals surface area contributed by atoms with Crippen LogP contribution in [-0.2, 0) is 0 Å². The Kier molecular flexibility index (Phi) is 6.49. The second kappa shape index (κ2) is 9.23. The molecule has 0 atom stereocenters. The number of hydrogen-bond donors (Lipinski definition) is 0. The number of carbonyl (C=O) groups excluding carboxylic acids is 1. The zero-order chi connectivity index (χ0) is 19.9. The Bertz CT molecular complexity index is 998. The molecule has 0 amide bonds. The van der Waals surface area contributed by atoms with Crippen molar-refractivity contribution in [2.75, 3.05) is 19.5 Å². The quantitative estimate of drug-likeness (QED) is 0.428. The molecule has 6 nitrogen and oxygen atoms in total. The maximum Gasteiger partial charge on any atom is 0.287 e. The number of Topliss-reactive ketones (excluding diaryl/α,β-unsaturated/α-hetero) is 1. The first-order valence-corrected chi connectivity index (χ1v) is 9.72. The van der Waals surface area contributed by atoms with Crippen LogP contribution >= 0.6 is 11.8 Å². The molecule has 0 saturated carbocycles. The van der Waals surface area contributed by atoms with E-state index in [1.807, 2.05) is 6.92 Å². The number of methoxy groups -OCH3 is 1. The van der Waals surface area contributed by atoms with E-state index in [9.17, 15) is 9.59 Å². The predicted molar refractivity (Wildman–Crippen MR) is 109 cm³/mol. The summed E-state index contributed by atoms with van der Waals surface area (Å²) >= 11 is 1.13. The van der Waals surface area contributed by atoms with Crippen molar-refractivity contribution in [3.8, 4) is 17.2 Å². The van der Waals surface area contributed by atoms with Gasteiger partial charge in [-0.3, -0.25) is 14.2 Å². The van der Waals surface area contributed by atoms with Gasteiger partial charge in [0.05, 0.1) is 19.5 Å². The summed E-state index contributed by atoms with van der Waals surface area (Å²) in [7, 11) is 1.59. The average Bonchev–Trinajstić information content (AvgIpc) is 2.74. The van der Waals surface area contributed by atoms with E-state index in [1.54, 1.807) is 68.0 Å². The topological polar surface area (TPSA) is 70.4 Å². The lowest BCUT2D eigenvalue weighted by Gasteiger charge is -2.08. The van der Waals surface area contributed by atoms with Crippen LogP contribution in [0.4, 0.5) is 0 Å². The van der Waals surface area contributed by atoms with Gasteiger partial charge in [0.15, 0.2) is 10.8 Å². The molecule has 0 spiro atoms. The van der Waals surface area contributed by atoms with Gasteiger partial charge >= 0.3 is 0 Å². The lowest BCUT2D eigenvalue weighted by atomic mass is 10.1. The lowest BCUT2D eigenvalue weighted by molar-refractivity contribution is 0.102. The number of carbonyl (C=O) groups is 1.